The van der Waals surface area contributed by atoms with E-state index in [9.17, 15) is 5.26 Å². The number of nitrogens with zero attached hydrogens (tertiary/aromatic N) is 3. The molecule has 2 aromatic carbocycles. The van der Waals surface area contributed by atoms with Gasteiger partial charge >= 0.3 is 0 Å². The van der Waals surface area contributed by atoms with Crippen LogP contribution in [0.1, 0.15) is 17.2 Å². The average Bonchev–Trinajstić information content (AvgIpc) is 2.77. The largest absolute Gasteiger partial charge is 0.493 e. The Balaban J connectivity index is 1.76. The van der Waals surface area contributed by atoms with Crippen LogP contribution in [0.4, 0.5) is 5.82 Å². The molecule has 0 aliphatic carbocycles. The first-order chi connectivity index (χ1) is 14.1. The number of anilines is 1. The Morgan fingerprint density at radius 2 is 1.83 bits per heavy atom. The van der Waals surface area contributed by atoms with Crippen molar-refractivity contribution in [3.63, 3.8) is 0 Å². The van der Waals surface area contributed by atoms with E-state index in [1.165, 1.54) is 0 Å². The summed E-state index contributed by atoms with van der Waals surface area (Å²) in [7, 11) is 3.17. The monoisotopic (exact) mass is 409 g/mol. The van der Waals surface area contributed by atoms with Crippen molar-refractivity contribution >= 4 is 28.2 Å². The molecule has 0 N–H and O–H groups in total. The smallest absolute Gasteiger partial charge is 0.161 e. The minimum atomic E-state index is -0.0892. The van der Waals surface area contributed by atoms with Crippen molar-refractivity contribution in [2.75, 3.05) is 38.8 Å². The van der Waals surface area contributed by atoms with Crippen LogP contribution < -0.4 is 14.4 Å². The van der Waals surface area contributed by atoms with Gasteiger partial charge in [0.1, 0.15) is 18.0 Å². The summed E-state index contributed by atoms with van der Waals surface area (Å²) in [6.45, 7) is 1.92. The number of benzene rings is 2. The van der Waals surface area contributed by atoms with Gasteiger partial charge in [-0.1, -0.05) is 23.7 Å². The molecule has 1 aromatic heterocycles. The second-order valence-electron chi connectivity index (χ2n) is 6.72. The van der Waals surface area contributed by atoms with E-state index in [-0.39, 0.29) is 6.10 Å². The van der Waals surface area contributed by atoms with Crippen LogP contribution >= 0.6 is 11.6 Å². The van der Waals surface area contributed by atoms with Crippen molar-refractivity contribution in [3.05, 3.63) is 58.7 Å². The lowest BCUT2D eigenvalue weighted by molar-refractivity contribution is 0.0396. The Kier molecular flexibility index (Phi) is 5.43. The SMILES string of the molecule is COc1cc2c(C#N)cnc(N3CCO[C@@H](c4ccc(Cl)cc4)C3)c2cc1OC. The van der Waals surface area contributed by atoms with Gasteiger partial charge < -0.3 is 19.1 Å². The van der Waals surface area contributed by atoms with E-state index in [0.717, 1.165) is 22.2 Å². The van der Waals surface area contributed by atoms with Gasteiger partial charge in [-0.15, -0.1) is 0 Å². The first-order valence-corrected chi connectivity index (χ1v) is 9.59. The molecule has 1 aliphatic heterocycles. The van der Waals surface area contributed by atoms with Gasteiger partial charge in [0.25, 0.3) is 0 Å². The summed E-state index contributed by atoms with van der Waals surface area (Å²) in [5.41, 5.74) is 1.56. The molecule has 0 saturated carbocycles. The molecule has 1 aliphatic rings. The van der Waals surface area contributed by atoms with E-state index in [0.29, 0.717) is 41.8 Å². The van der Waals surface area contributed by atoms with Gasteiger partial charge in [0.2, 0.25) is 0 Å². The van der Waals surface area contributed by atoms with Gasteiger partial charge in [-0.25, -0.2) is 4.98 Å². The summed E-state index contributed by atoms with van der Waals surface area (Å²) >= 11 is 6.01. The van der Waals surface area contributed by atoms with Crippen molar-refractivity contribution in [2.24, 2.45) is 0 Å². The van der Waals surface area contributed by atoms with Crippen LogP contribution in [0.3, 0.4) is 0 Å². The Morgan fingerprint density at radius 3 is 2.48 bits per heavy atom. The molecule has 29 heavy (non-hydrogen) atoms. The number of nitriles is 1. The van der Waals surface area contributed by atoms with E-state index in [4.69, 9.17) is 25.8 Å². The average molecular weight is 410 g/mol. The molecule has 4 rings (SSSR count). The standard InChI is InChI=1S/C22H20ClN3O3/c1-27-19-9-17-15(11-24)12-25-22(18(17)10-20(19)28-2)26-7-8-29-21(13-26)14-3-5-16(23)6-4-14/h3-6,9-10,12,21H,7-8,13H2,1-2H3/t21-/m1/s1. The van der Waals surface area contributed by atoms with Crippen molar-refractivity contribution in [1.29, 1.82) is 5.26 Å². The van der Waals surface area contributed by atoms with E-state index in [2.05, 4.69) is 16.0 Å². The van der Waals surface area contributed by atoms with Crippen LogP contribution in [0, 0.1) is 11.3 Å². The van der Waals surface area contributed by atoms with Crippen LogP contribution in [-0.2, 0) is 4.74 Å². The predicted octanol–water partition coefficient (Wildman–Crippen LogP) is 4.35. The third-order valence-corrected chi connectivity index (χ3v) is 5.35. The summed E-state index contributed by atoms with van der Waals surface area (Å²) in [6, 6.07) is 13.6. The van der Waals surface area contributed by atoms with E-state index < -0.39 is 0 Å². The fraction of sp³-hybridized carbons (Fsp3) is 0.273. The van der Waals surface area contributed by atoms with Gasteiger partial charge in [0, 0.05) is 35.1 Å². The minimum absolute atomic E-state index is 0.0892. The maximum absolute atomic E-state index is 9.53. The molecule has 0 spiro atoms. The molecule has 0 unspecified atom stereocenters. The molecule has 1 saturated heterocycles. The summed E-state index contributed by atoms with van der Waals surface area (Å²) < 4.78 is 16.9. The first-order valence-electron chi connectivity index (χ1n) is 9.21. The number of morpholine rings is 1. The number of hydrogen-bond donors (Lipinski definition) is 0. The first kappa shape index (κ1) is 19.3. The number of pyridine rings is 1. The lowest BCUT2D eigenvalue weighted by Gasteiger charge is -2.34. The summed E-state index contributed by atoms with van der Waals surface area (Å²) in [5, 5.41) is 11.9. The number of aromatic nitrogens is 1. The fourth-order valence-corrected chi connectivity index (χ4v) is 3.74. The minimum Gasteiger partial charge on any atom is -0.493 e. The molecule has 0 bridgehead atoms. The summed E-state index contributed by atoms with van der Waals surface area (Å²) in [4.78, 5) is 6.78. The van der Waals surface area contributed by atoms with Gasteiger partial charge in [0.15, 0.2) is 11.5 Å². The zero-order valence-electron chi connectivity index (χ0n) is 16.2. The second kappa shape index (κ2) is 8.16. The topological polar surface area (TPSA) is 67.6 Å². The molecule has 7 heteroatoms. The molecule has 6 nitrogen and oxygen atoms in total. The molecular formula is C22H20ClN3O3. The number of halogens is 1. The molecule has 0 radical (unpaired) electrons. The quantitative estimate of drug-likeness (QED) is 0.638. The number of hydrogen-bond acceptors (Lipinski definition) is 6. The van der Waals surface area contributed by atoms with E-state index in [1.54, 1.807) is 20.4 Å². The number of fused-ring (bicyclic) bond motifs is 1. The van der Waals surface area contributed by atoms with Crippen molar-refractivity contribution in [2.45, 2.75) is 6.10 Å². The predicted molar refractivity (Wildman–Crippen MR) is 112 cm³/mol. The lowest BCUT2D eigenvalue weighted by Crippen LogP contribution is -2.39. The molecule has 2 heterocycles. The number of ether oxygens (including phenoxy) is 3. The fourth-order valence-electron chi connectivity index (χ4n) is 3.61. The molecule has 3 aromatic rings. The van der Waals surface area contributed by atoms with Crippen LogP contribution in [0.2, 0.25) is 5.02 Å². The Morgan fingerprint density at radius 1 is 1.14 bits per heavy atom. The maximum atomic E-state index is 9.53. The molecule has 148 valence electrons. The Hall–Kier alpha value is -3.01. The second-order valence-corrected chi connectivity index (χ2v) is 7.15. The highest BCUT2D eigenvalue weighted by molar-refractivity contribution is 6.30. The van der Waals surface area contributed by atoms with Crippen molar-refractivity contribution in [3.8, 4) is 17.6 Å². The van der Waals surface area contributed by atoms with Gasteiger partial charge in [-0.3, -0.25) is 0 Å². The third kappa shape index (κ3) is 3.67. The van der Waals surface area contributed by atoms with Gasteiger partial charge in [-0.05, 0) is 29.8 Å². The summed E-state index contributed by atoms with van der Waals surface area (Å²) in [6.07, 6.45) is 1.52. The molecule has 0 amide bonds. The molecular weight excluding hydrogens is 390 g/mol. The Labute approximate surface area is 174 Å². The molecule has 1 fully saturated rings. The number of methoxy groups -OCH3 is 2. The maximum Gasteiger partial charge on any atom is 0.161 e. The van der Waals surface area contributed by atoms with Crippen LogP contribution in [0.25, 0.3) is 10.8 Å². The third-order valence-electron chi connectivity index (χ3n) is 5.10. The van der Waals surface area contributed by atoms with Crippen LogP contribution in [0.5, 0.6) is 11.5 Å². The van der Waals surface area contributed by atoms with Crippen molar-refractivity contribution < 1.29 is 14.2 Å². The van der Waals surface area contributed by atoms with E-state index >= 15 is 0 Å². The highest BCUT2D eigenvalue weighted by Crippen LogP contribution is 2.38. The van der Waals surface area contributed by atoms with Gasteiger partial charge in [-0.2, -0.15) is 5.26 Å². The van der Waals surface area contributed by atoms with Crippen LogP contribution in [0.15, 0.2) is 42.6 Å². The van der Waals surface area contributed by atoms with Crippen LogP contribution in [-0.4, -0.2) is 38.9 Å². The zero-order chi connectivity index (χ0) is 20.4. The summed E-state index contributed by atoms with van der Waals surface area (Å²) in [5.74, 6) is 1.97. The normalized spacial score (nSPS) is 16.5. The zero-order valence-corrected chi connectivity index (χ0v) is 16.9. The van der Waals surface area contributed by atoms with E-state index in [1.807, 2.05) is 36.4 Å². The molecule has 1 atom stereocenters. The lowest BCUT2D eigenvalue weighted by atomic mass is 10.0. The number of rotatable bonds is 4. The van der Waals surface area contributed by atoms with Crippen molar-refractivity contribution in [1.82, 2.24) is 4.98 Å². The highest BCUT2D eigenvalue weighted by atomic mass is 35.5. The van der Waals surface area contributed by atoms with Gasteiger partial charge in [0.05, 0.1) is 26.4 Å². The highest BCUT2D eigenvalue weighted by Gasteiger charge is 2.25. The Bertz CT molecular complexity index is 1080.